The molecule has 1 fully saturated rings. The number of ether oxygens (including phenoxy) is 3. The summed E-state index contributed by atoms with van der Waals surface area (Å²) in [7, 11) is 1.34. The number of nitrogens with zero attached hydrogens (tertiary/aromatic N) is 1. The zero-order chi connectivity index (χ0) is 42.7. The summed E-state index contributed by atoms with van der Waals surface area (Å²) in [5.74, 6) is -3.14. The molecule has 3 aliphatic rings. The Morgan fingerprint density at radius 3 is 2.32 bits per heavy atom. The zero-order valence-electron chi connectivity index (χ0n) is 34.9. The van der Waals surface area contributed by atoms with Gasteiger partial charge >= 0.3 is 0 Å². The monoisotopic (exact) mass is 855 g/mol. The standard InChI is InChI=1S/C45H61N3O11.ClH/c1-4-5-6-7-8-9-10-11-12-13-14-15-16-17-18-22-34(50)48-47-33(26-49)45(56)24-29-37(32(25-45)59-35-23-30(46)40(51)27(2)58-35)44(55)39-38(42(29)53)41(52)28-20-19-21-31(57-3)36(28)43(39)54;/h8-9,11-12,19-21,27,30,32,35,40,49,51,53,55-56H,4-7,10,13-18,22-26,46H2,1-3H3,(H,48,50);1H/b9-8-,12-11-,47-33+;/t27-,30-,32-,35-,40+,45-;/m0./s1. The molecule has 5 rings (SSSR count). The number of hydrazone groups is 1. The van der Waals surface area contributed by atoms with Crippen LogP contribution in [0.1, 0.15) is 153 Å². The lowest BCUT2D eigenvalue weighted by atomic mass is 9.71. The maximum Gasteiger partial charge on any atom is 0.240 e. The minimum absolute atomic E-state index is 0. The summed E-state index contributed by atoms with van der Waals surface area (Å²) in [6.45, 7) is 3.00. The van der Waals surface area contributed by atoms with Gasteiger partial charge in [-0.05, 0) is 51.5 Å². The molecule has 1 heterocycles. The molecule has 1 amide bonds. The van der Waals surface area contributed by atoms with Gasteiger partial charge in [-0.3, -0.25) is 14.4 Å². The molecule has 6 atom stereocenters. The van der Waals surface area contributed by atoms with Crippen LogP contribution < -0.4 is 15.9 Å². The van der Waals surface area contributed by atoms with Crippen molar-refractivity contribution in [1.82, 2.24) is 5.43 Å². The summed E-state index contributed by atoms with van der Waals surface area (Å²) in [6, 6.07) is 3.68. The van der Waals surface area contributed by atoms with E-state index in [0.29, 0.717) is 6.42 Å². The highest BCUT2D eigenvalue weighted by molar-refractivity contribution is 6.31. The number of fused-ring (bicyclic) bond motifs is 3. The molecule has 2 aromatic carbocycles. The lowest BCUT2D eigenvalue weighted by molar-refractivity contribution is -0.245. The number of amides is 1. The van der Waals surface area contributed by atoms with Crippen molar-refractivity contribution in [3.63, 3.8) is 0 Å². The van der Waals surface area contributed by atoms with Crippen LogP contribution in [0.15, 0.2) is 47.6 Å². The Balaban J connectivity index is 0.00000794. The fourth-order valence-electron chi connectivity index (χ4n) is 8.18. The summed E-state index contributed by atoms with van der Waals surface area (Å²) < 4.78 is 17.5. The maximum atomic E-state index is 14.0. The number of aliphatic hydroxyl groups is 3. The normalized spacial score (nSPS) is 23.9. The second-order valence-electron chi connectivity index (χ2n) is 15.8. The van der Waals surface area contributed by atoms with E-state index >= 15 is 0 Å². The van der Waals surface area contributed by atoms with Crippen LogP contribution in [0.25, 0.3) is 0 Å². The molecule has 0 radical (unpaired) electrons. The van der Waals surface area contributed by atoms with Crippen LogP contribution in [0, 0.1) is 0 Å². The molecule has 0 saturated carbocycles. The average molecular weight is 856 g/mol. The first-order valence-corrected chi connectivity index (χ1v) is 21.0. The third-order valence-electron chi connectivity index (χ3n) is 11.5. The van der Waals surface area contributed by atoms with E-state index in [1.54, 1.807) is 6.92 Å². The molecule has 1 saturated heterocycles. The molecule has 0 aromatic heterocycles. The summed E-state index contributed by atoms with van der Waals surface area (Å²) in [5, 5.41) is 60.9. The number of hydrogen-bond acceptors (Lipinski definition) is 13. The molecule has 2 aromatic rings. The van der Waals surface area contributed by atoms with Crippen molar-refractivity contribution in [2.45, 2.75) is 146 Å². The third-order valence-corrected chi connectivity index (χ3v) is 11.5. The fraction of sp³-hybridized carbons (Fsp3) is 0.556. The number of rotatable bonds is 20. The van der Waals surface area contributed by atoms with Crippen LogP contribution in [-0.4, -0.2) is 92.6 Å². The van der Waals surface area contributed by atoms with Crippen LogP contribution in [0.4, 0.5) is 0 Å². The van der Waals surface area contributed by atoms with E-state index in [1.165, 1.54) is 44.6 Å². The number of hydrogen-bond donors (Lipinski definition) is 7. The molecule has 0 unspecified atom stereocenters. The van der Waals surface area contributed by atoms with Gasteiger partial charge in [-0.25, -0.2) is 5.43 Å². The SMILES string of the molecule is CCCCC/C=C\C/C=C\CCCCCCCC(=O)N/N=C(\CO)[C@]1(O)Cc2c(O)c3c(c(O)c2[C@@H](O[C@H]2C[C@H](N)[C@H](O)[C@H](C)O2)C1)C(=O)c1c(OC)cccc1C3=O.Cl. The van der Waals surface area contributed by atoms with Gasteiger partial charge in [0.15, 0.2) is 12.1 Å². The van der Waals surface area contributed by atoms with Crippen LogP contribution in [0.2, 0.25) is 0 Å². The number of carbonyl (C=O) groups is 3. The highest BCUT2D eigenvalue weighted by Crippen LogP contribution is 2.52. The minimum Gasteiger partial charge on any atom is -0.507 e. The number of benzene rings is 2. The molecule has 15 heteroatoms. The number of methoxy groups -OCH3 is 1. The van der Waals surface area contributed by atoms with E-state index in [9.17, 15) is 39.9 Å². The molecular weight excluding hydrogens is 794 g/mol. The first-order chi connectivity index (χ1) is 28.4. The van der Waals surface area contributed by atoms with Crippen molar-refractivity contribution < 1.29 is 54.1 Å². The number of ketones is 2. The summed E-state index contributed by atoms with van der Waals surface area (Å²) >= 11 is 0. The van der Waals surface area contributed by atoms with Crippen LogP contribution in [0.5, 0.6) is 17.2 Å². The number of carbonyl (C=O) groups excluding carboxylic acids is 3. The Morgan fingerprint density at radius 1 is 0.983 bits per heavy atom. The largest absolute Gasteiger partial charge is 0.507 e. The van der Waals surface area contributed by atoms with Gasteiger partial charge in [0.05, 0.1) is 54.4 Å². The Morgan fingerprint density at radius 2 is 1.65 bits per heavy atom. The number of allylic oxidation sites excluding steroid dienone is 4. The van der Waals surface area contributed by atoms with E-state index in [1.807, 2.05) is 0 Å². The molecular formula is C45H62ClN3O11. The fourth-order valence-corrected chi connectivity index (χ4v) is 8.18. The molecule has 1 aliphatic heterocycles. The van der Waals surface area contributed by atoms with Crippen LogP contribution in [-0.2, 0) is 20.7 Å². The van der Waals surface area contributed by atoms with E-state index in [2.05, 4.69) is 41.8 Å². The topological polar surface area (TPSA) is 230 Å². The van der Waals surface area contributed by atoms with Crippen molar-refractivity contribution in [1.29, 1.82) is 0 Å². The Kier molecular flexibility index (Phi) is 18.3. The highest BCUT2D eigenvalue weighted by atomic mass is 35.5. The number of phenolic OH excluding ortho intramolecular Hbond substituents is 2. The minimum atomic E-state index is -2.10. The Bertz CT molecular complexity index is 1900. The second kappa shape index (κ2) is 22.6. The molecule has 2 aliphatic carbocycles. The smallest absolute Gasteiger partial charge is 0.240 e. The van der Waals surface area contributed by atoms with Gasteiger partial charge in [0.25, 0.3) is 0 Å². The first kappa shape index (κ1) is 48.5. The quantitative estimate of drug-likeness (QED) is 0.0224. The first-order valence-electron chi connectivity index (χ1n) is 21.0. The molecule has 14 nitrogen and oxygen atoms in total. The van der Waals surface area contributed by atoms with Crippen LogP contribution >= 0.6 is 12.4 Å². The second-order valence-corrected chi connectivity index (χ2v) is 15.8. The molecule has 0 bridgehead atoms. The summed E-state index contributed by atoms with van der Waals surface area (Å²) in [4.78, 5) is 40.8. The number of aromatic hydroxyl groups is 2. The predicted molar refractivity (Wildman–Crippen MR) is 229 cm³/mol. The Hall–Kier alpha value is -4.15. The maximum absolute atomic E-state index is 14.0. The number of unbranched alkanes of at least 4 members (excludes halogenated alkanes) is 8. The predicted octanol–water partition coefficient (Wildman–Crippen LogP) is 6.14. The van der Waals surface area contributed by atoms with Gasteiger partial charge in [-0.2, -0.15) is 5.10 Å². The summed E-state index contributed by atoms with van der Waals surface area (Å²) in [5.41, 5.74) is 4.99. The van der Waals surface area contributed by atoms with Gasteiger partial charge in [-0.1, -0.05) is 75.5 Å². The number of nitrogens with two attached hydrogens (primary N) is 1. The van der Waals surface area contributed by atoms with E-state index in [-0.39, 0.29) is 65.4 Å². The summed E-state index contributed by atoms with van der Waals surface area (Å²) in [6.07, 6.45) is 15.5. The molecule has 60 heavy (non-hydrogen) atoms. The molecule has 0 spiro atoms. The van der Waals surface area contributed by atoms with Gasteiger partial charge in [-0.15, -0.1) is 12.4 Å². The van der Waals surface area contributed by atoms with Gasteiger partial charge in [0, 0.05) is 48.4 Å². The van der Waals surface area contributed by atoms with Crippen molar-refractivity contribution in [3.8, 4) is 17.2 Å². The van der Waals surface area contributed by atoms with E-state index < -0.39 is 89.4 Å². The van der Waals surface area contributed by atoms with Crippen LogP contribution in [0.3, 0.4) is 0 Å². The number of phenols is 2. The van der Waals surface area contributed by atoms with Gasteiger partial charge < -0.3 is 45.5 Å². The molecule has 8 N–H and O–H groups in total. The number of nitrogens with one attached hydrogen (secondary N) is 1. The van der Waals surface area contributed by atoms with Crippen molar-refractivity contribution in [2.24, 2.45) is 10.8 Å². The van der Waals surface area contributed by atoms with Crippen molar-refractivity contribution >= 4 is 35.6 Å². The van der Waals surface area contributed by atoms with Gasteiger partial charge in [0.2, 0.25) is 11.7 Å². The third kappa shape index (κ3) is 11.2. The van der Waals surface area contributed by atoms with E-state index in [0.717, 1.165) is 44.9 Å². The molecule has 330 valence electrons. The van der Waals surface area contributed by atoms with Crippen molar-refractivity contribution in [3.05, 3.63) is 75.9 Å². The lowest BCUT2D eigenvalue weighted by Crippen LogP contribution is -2.53. The average Bonchev–Trinajstić information content (AvgIpc) is 3.21. The zero-order valence-corrected chi connectivity index (χ0v) is 35.7. The van der Waals surface area contributed by atoms with Gasteiger partial charge in [0.1, 0.15) is 22.8 Å². The van der Waals surface area contributed by atoms with E-state index in [4.69, 9.17) is 19.9 Å². The highest BCUT2D eigenvalue weighted by Gasteiger charge is 2.49. The Labute approximate surface area is 358 Å². The lowest BCUT2D eigenvalue weighted by Gasteiger charge is -2.43. The number of halogens is 1. The van der Waals surface area contributed by atoms with Crippen molar-refractivity contribution in [2.75, 3.05) is 13.7 Å². The number of aliphatic hydroxyl groups excluding tert-OH is 2.